The second-order valence-corrected chi connectivity index (χ2v) is 5.92. The second kappa shape index (κ2) is 6.39. The first-order valence-electron chi connectivity index (χ1n) is 6.98. The molecule has 0 heterocycles. The van der Waals surface area contributed by atoms with Crippen LogP contribution in [0.5, 0.6) is 0 Å². The zero-order valence-electron chi connectivity index (χ0n) is 11.5. The molecule has 1 saturated carbocycles. The Bertz CT molecular complexity index is 544. The Morgan fingerprint density at radius 2 is 1.76 bits per heavy atom. The number of halogens is 1. The van der Waals surface area contributed by atoms with Crippen molar-refractivity contribution >= 4 is 11.6 Å². The van der Waals surface area contributed by atoms with Gasteiger partial charge in [0.15, 0.2) is 0 Å². The van der Waals surface area contributed by atoms with Crippen molar-refractivity contribution in [1.29, 1.82) is 0 Å². The smallest absolute Gasteiger partial charge is 0.235 e. The van der Waals surface area contributed by atoms with E-state index in [0.717, 1.165) is 19.3 Å². The molecule has 1 aliphatic rings. The summed E-state index contributed by atoms with van der Waals surface area (Å²) in [6.07, 6.45) is 3.11. The average molecular weight is 313 g/mol. The molecule has 0 amide bonds. The van der Waals surface area contributed by atoms with Crippen molar-refractivity contribution in [3.05, 3.63) is 55.1 Å². The topological polar surface area (TPSA) is 86.3 Å². The third-order valence-corrected chi connectivity index (χ3v) is 4.69. The quantitative estimate of drug-likeness (QED) is 0.613. The lowest BCUT2D eigenvalue weighted by molar-refractivity contribution is -0.593. The zero-order valence-corrected chi connectivity index (χ0v) is 12.3. The standard InChI is InChI=1S/C14H17ClN2O4/c15-13-7-3-2-6-11(13)12(10-16(18)19)14(17(20)21)8-4-1-5-9-14/h2-3,6-7,12H,1,4-5,8-10H2/t12-/m0/s1. The summed E-state index contributed by atoms with van der Waals surface area (Å²) in [5.41, 5.74) is -0.773. The largest absolute Gasteiger partial charge is 0.265 e. The van der Waals surface area contributed by atoms with Crippen LogP contribution in [0.4, 0.5) is 0 Å². The van der Waals surface area contributed by atoms with Crippen molar-refractivity contribution in [3.8, 4) is 0 Å². The molecule has 0 N–H and O–H groups in total. The van der Waals surface area contributed by atoms with Gasteiger partial charge in [-0.25, -0.2) is 0 Å². The van der Waals surface area contributed by atoms with Gasteiger partial charge in [-0.05, 0) is 24.5 Å². The fraction of sp³-hybridized carbons (Fsp3) is 0.571. The van der Waals surface area contributed by atoms with Gasteiger partial charge in [-0.1, -0.05) is 36.2 Å². The minimum Gasteiger partial charge on any atom is -0.265 e. The van der Waals surface area contributed by atoms with Gasteiger partial charge in [0, 0.05) is 27.7 Å². The van der Waals surface area contributed by atoms with E-state index >= 15 is 0 Å². The van der Waals surface area contributed by atoms with Gasteiger partial charge in [0.05, 0.1) is 0 Å². The number of benzene rings is 1. The summed E-state index contributed by atoms with van der Waals surface area (Å²) in [7, 11) is 0. The molecule has 1 aliphatic carbocycles. The maximum Gasteiger partial charge on any atom is 0.235 e. The van der Waals surface area contributed by atoms with Gasteiger partial charge in [0.25, 0.3) is 0 Å². The molecular formula is C14H17ClN2O4. The lowest BCUT2D eigenvalue weighted by atomic mass is 9.70. The van der Waals surface area contributed by atoms with E-state index in [1.807, 2.05) is 0 Å². The number of rotatable bonds is 5. The Kier molecular flexibility index (Phi) is 4.77. The number of hydrogen-bond acceptors (Lipinski definition) is 4. The first-order chi connectivity index (χ1) is 9.97. The fourth-order valence-corrected chi connectivity index (χ4v) is 3.55. The molecule has 6 nitrogen and oxygen atoms in total. The van der Waals surface area contributed by atoms with Crippen molar-refractivity contribution in [2.45, 2.75) is 43.6 Å². The van der Waals surface area contributed by atoms with Crippen molar-refractivity contribution in [3.63, 3.8) is 0 Å². The van der Waals surface area contributed by atoms with E-state index < -0.39 is 22.9 Å². The second-order valence-electron chi connectivity index (χ2n) is 5.51. The third-order valence-electron chi connectivity index (χ3n) is 4.34. The van der Waals surface area contributed by atoms with Crippen LogP contribution >= 0.6 is 11.6 Å². The molecule has 1 fully saturated rings. The molecule has 0 spiro atoms. The number of nitrogens with zero attached hydrogens (tertiary/aromatic N) is 2. The highest BCUT2D eigenvalue weighted by Crippen LogP contribution is 2.44. The van der Waals surface area contributed by atoms with Crippen LogP contribution in [0.15, 0.2) is 24.3 Å². The summed E-state index contributed by atoms with van der Waals surface area (Å²) >= 11 is 6.14. The van der Waals surface area contributed by atoms with Crippen molar-refractivity contribution < 1.29 is 9.85 Å². The van der Waals surface area contributed by atoms with Gasteiger partial charge in [0.2, 0.25) is 12.1 Å². The lowest BCUT2D eigenvalue weighted by Gasteiger charge is -2.34. The Morgan fingerprint density at radius 3 is 2.29 bits per heavy atom. The first-order valence-corrected chi connectivity index (χ1v) is 7.36. The van der Waals surface area contributed by atoms with E-state index in [4.69, 9.17) is 11.6 Å². The van der Waals surface area contributed by atoms with E-state index in [0.29, 0.717) is 23.4 Å². The minimum atomic E-state index is -1.28. The molecule has 2 rings (SSSR count). The maximum absolute atomic E-state index is 11.7. The molecule has 1 atom stereocenters. The molecule has 0 bridgehead atoms. The van der Waals surface area contributed by atoms with Gasteiger partial charge < -0.3 is 0 Å². The molecule has 21 heavy (non-hydrogen) atoms. The molecule has 0 radical (unpaired) electrons. The Morgan fingerprint density at radius 1 is 1.14 bits per heavy atom. The van der Waals surface area contributed by atoms with Crippen LogP contribution in [0, 0.1) is 20.2 Å². The van der Waals surface area contributed by atoms with Crippen molar-refractivity contribution in [2.75, 3.05) is 6.54 Å². The molecule has 7 heteroatoms. The average Bonchev–Trinajstić information content (AvgIpc) is 2.46. The van der Waals surface area contributed by atoms with E-state index in [-0.39, 0.29) is 4.92 Å². The maximum atomic E-state index is 11.7. The first kappa shape index (κ1) is 15.7. The van der Waals surface area contributed by atoms with Crippen LogP contribution in [0.1, 0.15) is 43.6 Å². The molecule has 0 aromatic heterocycles. The zero-order chi connectivity index (χ0) is 15.5. The molecule has 0 aliphatic heterocycles. The summed E-state index contributed by atoms with van der Waals surface area (Å²) in [5.74, 6) is -0.795. The minimum absolute atomic E-state index is 0.316. The summed E-state index contributed by atoms with van der Waals surface area (Å²) in [6.45, 7) is -0.468. The molecule has 0 saturated heterocycles. The van der Waals surface area contributed by atoms with Gasteiger partial charge in [-0.3, -0.25) is 20.2 Å². The monoisotopic (exact) mass is 312 g/mol. The number of nitro groups is 2. The molecule has 114 valence electrons. The summed E-state index contributed by atoms with van der Waals surface area (Å²) in [6, 6.07) is 6.72. The van der Waals surface area contributed by atoms with Gasteiger partial charge >= 0.3 is 0 Å². The van der Waals surface area contributed by atoms with Gasteiger partial charge in [0.1, 0.15) is 5.92 Å². The molecular weight excluding hydrogens is 296 g/mol. The summed E-state index contributed by atoms with van der Waals surface area (Å²) < 4.78 is 0. The fourth-order valence-electron chi connectivity index (χ4n) is 3.29. The predicted octanol–water partition coefficient (Wildman–Crippen LogP) is 3.68. The SMILES string of the molecule is O=[N+]([O-])C[C@@H](c1ccccc1Cl)C1([N+](=O)[O-])CCCCC1. The highest BCUT2D eigenvalue weighted by atomic mass is 35.5. The molecule has 0 unspecified atom stereocenters. The van der Waals surface area contributed by atoms with Gasteiger partial charge in [-0.2, -0.15) is 0 Å². The normalized spacial score (nSPS) is 18.9. The molecule has 1 aromatic rings. The Labute approximate surface area is 127 Å². The van der Waals surface area contributed by atoms with Crippen LogP contribution in [-0.2, 0) is 0 Å². The highest BCUT2D eigenvalue weighted by molar-refractivity contribution is 6.31. The van der Waals surface area contributed by atoms with E-state index in [1.54, 1.807) is 24.3 Å². The van der Waals surface area contributed by atoms with Crippen LogP contribution < -0.4 is 0 Å². The van der Waals surface area contributed by atoms with Crippen molar-refractivity contribution in [2.24, 2.45) is 0 Å². The summed E-state index contributed by atoms with van der Waals surface area (Å²) in [5, 5.41) is 23.1. The third kappa shape index (κ3) is 3.15. The van der Waals surface area contributed by atoms with Gasteiger partial charge in [-0.15, -0.1) is 0 Å². The van der Waals surface area contributed by atoms with Crippen LogP contribution in [0.2, 0.25) is 5.02 Å². The Hall–Kier alpha value is -1.69. The lowest BCUT2D eigenvalue weighted by Crippen LogP contribution is -2.48. The van der Waals surface area contributed by atoms with Crippen molar-refractivity contribution in [1.82, 2.24) is 0 Å². The van der Waals surface area contributed by atoms with E-state index in [9.17, 15) is 20.2 Å². The highest BCUT2D eigenvalue weighted by Gasteiger charge is 2.54. The molecule has 1 aromatic carbocycles. The van der Waals surface area contributed by atoms with Crippen LogP contribution in [0.25, 0.3) is 0 Å². The van der Waals surface area contributed by atoms with E-state index in [2.05, 4.69) is 0 Å². The summed E-state index contributed by atoms with van der Waals surface area (Å²) in [4.78, 5) is 22.0. The van der Waals surface area contributed by atoms with Crippen LogP contribution in [-0.4, -0.2) is 21.9 Å². The Balaban J connectivity index is 2.49. The number of hydrogen-bond donors (Lipinski definition) is 0. The van der Waals surface area contributed by atoms with Crippen LogP contribution in [0.3, 0.4) is 0 Å². The predicted molar refractivity (Wildman–Crippen MR) is 78.9 cm³/mol. The van der Waals surface area contributed by atoms with E-state index in [1.165, 1.54) is 0 Å².